The minimum Gasteiger partial charge on any atom is -0.499 e. The Kier molecular flexibility index (Phi) is 8.12. The third kappa shape index (κ3) is 5.74. The second-order valence-electron chi connectivity index (χ2n) is 6.95. The Balaban J connectivity index is 1.83. The van der Waals surface area contributed by atoms with Gasteiger partial charge in [0.2, 0.25) is 11.9 Å². The number of ether oxygens (including phenoxy) is 2. The minimum absolute atomic E-state index is 0.314. The Morgan fingerprint density at radius 2 is 1.97 bits per heavy atom. The summed E-state index contributed by atoms with van der Waals surface area (Å²) in [4.78, 5) is 20.4. The molecule has 1 aromatic heterocycles. The van der Waals surface area contributed by atoms with Gasteiger partial charge in [0.05, 0.1) is 39.7 Å². The normalized spacial score (nSPS) is 15.5. The number of hydrogen-bond acceptors (Lipinski definition) is 6. The number of para-hydroxylation sites is 1. The third-order valence-corrected chi connectivity index (χ3v) is 5.66. The second-order valence-corrected chi connectivity index (χ2v) is 7.74. The van der Waals surface area contributed by atoms with Crippen LogP contribution in [0.25, 0.3) is 0 Å². The maximum Gasteiger partial charge on any atom is 0.247 e. The molecule has 2 aromatic rings. The van der Waals surface area contributed by atoms with Crippen LogP contribution < -0.4 is 10.6 Å². The van der Waals surface area contributed by atoms with Crippen molar-refractivity contribution >= 4 is 46.4 Å². The number of methoxy groups -OCH3 is 2. The fraction of sp³-hybridized carbons (Fsp3) is 0.208. The van der Waals surface area contributed by atoms with E-state index in [0.29, 0.717) is 50.7 Å². The van der Waals surface area contributed by atoms with Crippen molar-refractivity contribution in [2.24, 2.45) is 0 Å². The van der Waals surface area contributed by atoms with E-state index in [4.69, 9.17) is 32.7 Å². The number of amides is 1. The lowest BCUT2D eigenvalue weighted by Crippen LogP contribution is -2.19. The lowest BCUT2D eigenvalue weighted by molar-refractivity contribution is -0.111. The standard InChI is InChI=1S/C24H22Cl2N4O3/c1-5-20(31)29-17-8-6-7-14(2)23(17)30-24-27-12-15(13-28-24)9-10-16-21(25)18(32-3)11-19(33-4)22(16)26/h5-8,12-13,18H,1,11H2,2-4H3,(H,29,31)(H,27,28,30). The van der Waals surface area contributed by atoms with Gasteiger partial charge in [0.1, 0.15) is 11.9 Å². The maximum atomic E-state index is 11.7. The predicted molar refractivity (Wildman–Crippen MR) is 130 cm³/mol. The smallest absolute Gasteiger partial charge is 0.247 e. The van der Waals surface area contributed by atoms with Crippen molar-refractivity contribution in [2.45, 2.75) is 19.4 Å². The first-order chi connectivity index (χ1) is 15.9. The fourth-order valence-corrected chi connectivity index (χ4v) is 3.71. The highest BCUT2D eigenvalue weighted by Gasteiger charge is 2.27. The van der Waals surface area contributed by atoms with Crippen LogP contribution in [-0.2, 0) is 14.3 Å². The van der Waals surface area contributed by atoms with Gasteiger partial charge in [-0.15, -0.1) is 0 Å². The van der Waals surface area contributed by atoms with Crippen LogP contribution >= 0.6 is 23.2 Å². The fourth-order valence-electron chi connectivity index (χ4n) is 3.05. The zero-order chi connectivity index (χ0) is 24.0. The number of rotatable bonds is 6. The molecule has 9 heteroatoms. The molecule has 1 aliphatic carbocycles. The predicted octanol–water partition coefficient (Wildman–Crippen LogP) is 5.01. The number of halogens is 2. The van der Waals surface area contributed by atoms with Crippen molar-refractivity contribution < 1.29 is 14.3 Å². The second kappa shape index (κ2) is 11.0. The van der Waals surface area contributed by atoms with E-state index in [2.05, 4.69) is 39.0 Å². The Bertz CT molecular complexity index is 1190. The molecule has 7 nitrogen and oxygen atoms in total. The van der Waals surface area contributed by atoms with Gasteiger partial charge in [0, 0.05) is 25.9 Å². The van der Waals surface area contributed by atoms with Gasteiger partial charge < -0.3 is 20.1 Å². The summed E-state index contributed by atoms with van der Waals surface area (Å²) < 4.78 is 10.7. The topological polar surface area (TPSA) is 85.4 Å². The summed E-state index contributed by atoms with van der Waals surface area (Å²) in [5, 5.41) is 6.67. The van der Waals surface area contributed by atoms with Gasteiger partial charge >= 0.3 is 0 Å². The molecule has 33 heavy (non-hydrogen) atoms. The SMILES string of the molecule is C=CC(=O)Nc1cccc(C)c1Nc1ncc(C#CC2=C(Cl)C(OC)CC(OC)=C2Cl)cn1. The van der Waals surface area contributed by atoms with Crippen LogP contribution in [0, 0.1) is 18.8 Å². The average Bonchev–Trinajstić information content (AvgIpc) is 2.82. The quantitative estimate of drug-likeness (QED) is 0.442. The maximum absolute atomic E-state index is 11.7. The van der Waals surface area contributed by atoms with Gasteiger partial charge in [-0.3, -0.25) is 4.79 Å². The van der Waals surface area contributed by atoms with Crippen LogP contribution in [0.1, 0.15) is 17.5 Å². The largest absolute Gasteiger partial charge is 0.499 e. The molecule has 0 radical (unpaired) electrons. The molecular formula is C24H22Cl2N4O3. The van der Waals surface area contributed by atoms with Crippen LogP contribution in [0.4, 0.5) is 17.3 Å². The van der Waals surface area contributed by atoms with Crippen molar-refractivity contribution in [2.75, 3.05) is 24.9 Å². The van der Waals surface area contributed by atoms with Gasteiger partial charge in [-0.25, -0.2) is 9.97 Å². The van der Waals surface area contributed by atoms with E-state index in [-0.39, 0.29) is 12.0 Å². The molecule has 2 N–H and O–H groups in total. The molecule has 1 unspecified atom stereocenters. The van der Waals surface area contributed by atoms with E-state index in [0.717, 1.165) is 5.56 Å². The van der Waals surface area contributed by atoms with Crippen LogP contribution in [-0.4, -0.2) is 36.2 Å². The number of allylic oxidation sites excluding steroid dienone is 2. The first-order valence-corrected chi connectivity index (χ1v) is 10.6. The first kappa shape index (κ1) is 24.3. The molecule has 1 aliphatic rings. The molecule has 1 aromatic carbocycles. The molecule has 3 rings (SSSR count). The van der Waals surface area contributed by atoms with E-state index in [1.165, 1.54) is 13.2 Å². The van der Waals surface area contributed by atoms with Gasteiger partial charge in [0.25, 0.3) is 0 Å². The van der Waals surface area contributed by atoms with E-state index in [1.807, 2.05) is 19.1 Å². The number of aromatic nitrogens is 2. The lowest BCUT2D eigenvalue weighted by atomic mass is 10.0. The van der Waals surface area contributed by atoms with Gasteiger partial charge in [-0.2, -0.15) is 0 Å². The van der Waals surface area contributed by atoms with Crippen molar-refractivity contribution in [3.05, 3.63) is 75.8 Å². The molecule has 0 bridgehead atoms. The van der Waals surface area contributed by atoms with Gasteiger partial charge in [-0.1, -0.05) is 53.8 Å². The Hall–Kier alpha value is -3.31. The highest BCUT2D eigenvalue weighted by Crippen LogP contribution is 2.36. The number of carbonyl (C=O) groups excluding carboxylic acids is 1. The number of nitrogens with one attached hydrogen (secondary N) is 2. The van der Waals surface area contributed by atoms with Crippen LogP contribution in [0.2, 0.25) is 0 Å². The van der Waals surface area contributed by atoms with E-state index >= 15 is 0 Å². The molecule has 0 saturated heterocycles. The average molecular weight is 485 g/mol. The van der Waals surface area contributed by atoms with Crippen LogP contribution in [0.5, 0.6) is 0 Å². The number of carbonyl (C=O) groups is 1. The molecule has 170 valence electrons. The monoisotopic (exact) mass is 484 g/mol. The van der Waals surface area contributed by atoms with Crippen molar-refractivity contribution in [3.63, 3.8) is 0 Å². The van der Waals surface area contributed by atoms with E-state index in [9.17, 15) is 4.79 Å². The summed E-state index contributed by atoms with van der Waals surface area (Å²) in [6.45, 7) is 5.38. The van der Waals surface area contributed by atoms with Gasteiger partial charge in [0.15, 0.2) is 0 Å². The molecule has 0 saturated carbocycles. The summed E-state index contributed by atoms with van der Waals surface area (Å²) in [7, 11) is 3.10. The molecule has 0 aliphatic heterocycles. The summed E-state index contributed by atoms with van der Waals surface area (Å²) >= 11 is 12.8. The molecule has 0 spiro atoms. The Labute approximate surface area is 202 Å². The summed E-state index contributed by atoms with van der Waals surface area (Å²) in [5.41, 5.74) is 3.18. The summed E-state index contributed by atoms with van der Waals surface area (Å²) in [6, 6.07) is 5.52. The van der Waals surface area contributed by atoms with Crippen LogP contribution in [0.3, 0.4) is 0 Å². The summed E-state index contributed by atoms with van der Waals surface area (Å²) in [5.74, 6) is 6.53. The van der Waals surface area contributed by atoms with E-state index in [1.54, 1.807) is 25.6 Å². The zero-order valence-electron chi connectivity index (χ0n) is 18.3. The molecule has 1 heterocycles. The van der Waals surface area contributed by atoms with E-state index < -0.39 is 0 Å². The number of nitrogens with zero attached hydrogens (tertiary/aromatic N) is 2. The lowest BCUT2D eigenvalue weighted by Gasteiger charge is -2.23. The van der Waals surface area contributed by atoms with Crippen molar-refractivity contribution in [3.8, 4) is 11.8 Å². The zero-order valence-corrected chi connectivity index (χ0v) is 19.8. The molecule has 1 atom stereocenters. The highest BCUT2D eigenvalue weighted by molar-refractivity contribution is 6.37. The highest BCUT2D eigenvalue weighted by atomic mass is 35.5. The van der Waals surface area contributed by atoms with Gasteiger partial charge in [-0.05, 0) is 24.6 Å². The number of aryl methyl sites for hydroxylation is 1. The molecule has 1 amide bonds. The minimum atomic E-state index is -0.374. The number of anilines is 3. The number of benzene rings is 1. The third-order valence-electron chi connectivity index (χ3n) is 4.82. The summed E-state index contributed by atoms with van der Waals surface area (Å²) in [6.07, 6.45) is 4.41. The Morgan fingerprint density at radius 1 is 1.24 bits per heavy atom. The first-order valence-electron chi connectivity index (χ1n) is 9.87. The van der Waals surface area contributed by atoms with Crippen molar-refractivity contribution in [1.29, 1.82) is 0 Å². The van der Waals surface area contributed by atoms with Crippen molar-refractivity contribution in [1.82, 2.24) is 9.97 Å². The van der Waals surface area contributed by atoms with Crippen LogP contribution in [0.15, 0.2) is 64.6 Å². The molecular weight excluding hydrogens is 463 g/mol. The number of hydrogen-bond donors (Lipinski definition) is 2. The Morgan fingerprint density at radius 3 is 2.61 bits per heavy atom. The molecule has 0 fully saturated rings.